The molecule has 0 aliphatic carbocycles. The van der Waals surface area contributed by atoms with Crippen LogP contribution in [-0.4, -0.2) is 9.55 Å². The molecule has 72 valence electrons. The maximum Gasteiger partial charge on any atom is 0.207 e. The standard InChI is InChI=1S/C11H13N3/c1-9-5-3-4-6-10(9)13-11-12-7-8-14(11)2/h3-8H,1-2H3,(H,12,13). The molecule has 0 fully saturated rings. The molecule has 3 heteroatoms. The van der Waals surface area contributed by atoms with Gasteiger partial charge >= 0.3 is 0 Å². The summed E-state index contributed by atoms with van der Waals surface area (Å²) in [7, 11) is 1.97. The summed E-state index contributed by atoms with van der Waals surface area (Å²) < 4.78 is 1.95. The maximum absolute atomic E-state index is 4.51. The fourth-order valence-electron chi connectivity index (χ4n) is 1.31. The van der Waals surface area contributed by atoms with Crippen molar-refractivity contribution >= 4 is 5.69 Å². The van der Waals surface area contributed by atoms with Crippen molar-refractivity contribution in [2.45, 2.75) is 6.92 Å². The van der Waals surface area contributed by atoms with Crippen LogP contribution in [0.15, 0.2) is 41.7 Å². The average Bonchev–Trinajstić information content (AvgIpc) is 2.56. The number of nitrogens with one attached hydrogen (secondary N) is 1. The Kier molecular flexibility index (Phi) is 2.23. The van der Waals surface area contributed by atoms with Gasteiger partial charge in [-0.25, -0.2) is 4.99 Å². The van der Waals surface area contributed by atoms with Gasteiger partial charge in [0.15, 0.2) is 0 Å². The number of benzene rings is 1. The zero-order valence-electron chi connectivity index (χ0n) is 8.36. The number of nitrogens with zero attached hydrogens (tertiary/aromatic N) is 2. The molecule has 2 aromatic rings. The summed E-state index contributed by atoms with van der Waals surface area (Å²) in [6, 6.07) is 8.08. The Labute approximate surface area is 82.8 Å². The van der Waals surface area contributed by atoms with E-state index in [4.69, 9.17) is 0 Å². The molecule has 0 atom stereocenters. The van der Waals surface area contributed by atoms with Crippen molar-refractivity contribution in [2.24, 2.45) is 12.0 Å². The molecule has 1 heterocycles. The van der Waals surface area contributed by atoms with Crippen LogP contribution in [0.1, 0.15) is 5.56 Å². The topological polar surface area (TPSA) is 33.1 Å². The van der Waals surface area contributed by atoms with E-state index in [1.54, 1.807) is 0 Å². The van der Waals surface area contributed by atoms with Crippen LogP contribution in [-0.2, 0) is 7.05 Å². The molecular formula is C11H13N3. The Morgan fingerprint density at radius 2 is 2.07 bits per heavy atom. The number of imidazole rings is 1. The lowest BCUT2D eigenvalue weighted by Crippen LogP contribution is -2.14. The third-order valence-electron chi connectivity index (χ3n) is 2.19. The Hall–Kier alpha value is -1.77. The molecule has 1 N–H and O–H groups in total. The molecule has 0 saturated heterocycles. The van der Waals surface area contributed by atoms with Gasteiger partial charge in [0.2, 0.25) is 5.62 Å². The highest BCUT2D eigenvalue weighted by molar-refractivity contribution is 5.44. The van der Waals surface area contributed by atoms with E-state index in [0.717, 1.165) is 11.3 Å². The zero-order chi connectivity index (χ0) is 9.97. The summed E-state index contributed by atoms with van der Waals surface area (Å²) in [6.45, 7) is 2.06. The van der Waals surface area contributed by atoms with Crippen LogP contribution in [0.2, 0.25) is 0 Å². The van der Waals surface area contributed by atoms with Crippen molar-refractivity contribution in [2.75, 3.05) is 0 Å². The number of para-hydroxylation sites is 1. The molecule has 0 amide bonds. The van der Waals surface area contributed by atoms with E-state index >= 15 is 0 Å². The van der Waals surface area contributed by atoms with Crippen LogP contribution in [0.4, 0.5) is 5.69 Å². The van der Waals surface area contributed by atoms with Crippen LogP contribution in [0.3, 0.4) is 0 Å². The molecule has 2 rings (SSSR count). The lowest BCUT2D eigenvalue weighted by Gasteiger charge is -1.97. The van der Waals surface area contributed by atoms with E-state index in [1.807, 2.05) is 42.2 Å². The second kappa shape index (κ2) is 3.54. The fraction of sp³-hybridized carbons (Fsp3) is 0.182. The zero-order valence-corrected chi connectivity index (χ0v) is 8.36. The van der Waals surface area contributed by atoms with Crippen molar-refractivity contribution < 1.29 is 0 Å². The smallest absolute Gasteiger partial charge is 0.207 e. The predicted octanol–water partition coefficient (Wildman–Crippen LogP) is 1.89. The lowest BCUT2D eigenvalue weighted by atomic mass is 10.2. The first-order chi connectivity index (χ1) is 6.77. The van der Waals surface area contributed by atoms with Crippen molar-refractivity contribution in [1.29, 1.82) is 0 Å². The third kappa shape index (κ3) is 1.62. The van der Waals surface area contributed by atoms with Crippen LogP contribution in [0.25, 0.3) is 0 Å². The molecule has 0 aliphatic rings. The predicted molar refractivity (Wildman–Crippen MR) is 56.2 cm³/mol. The largest absolute Gasteiger partial charge is 0.331 e. The van der Waals surface area contributed by atoms with Gasteiger partial charge in [-0.05, 0) is 18.6 Å². The molecule has 1 aromatic carbocycles. The van der Waals surface area contributed by atoms with Gasteiger partial charge in [-0.3, -0.25) is 0 Å². The third-order valence-corrected chi connectivity index (χ3v) is 2.19. The average molecular weight is 187 g/mol. The second-order valence-corrected chi connectivity index (χ2v) is 3.29. The minimum Gasteiger partial charge on any atom is -0.331 e. The normalized spacial score (nSPS) is 12.0. The monoisotopic (exact) mass is 187 g/mol. The number of aryl methyl sites for hydroxylation is 2. The minimum absolute atomic E-state index is 0.860. The fourth-order valence-corrected chi connectivity index (χ4v) is 1.31. The molecule has 14 heavy (non-hydrogen) atoms. The van der Waals surface area contributed by atoms with Crippen molar-refractivity contribution in [3.8, 4) is 0 Å². The summed E-state index contributed by atoms with van der Waals surface area (Å²) in [5.41, 5.74) is 3.05. The van der Waals surface area contributed by atoms with E-state index in [1.165, 1.54) is 5.56 Å². The van der Waals surface area contributed by atoms with E-state index in [9.17, 15) is 0 Å². The molecule has 0 radical (unpaired) electrons. The highest BCUT2D eigenvalue weighted by Crippen LogP contribution is 2.15. The molecule has 0 unspecified atom stereocenters. The first kappa shape index (κ1) is 8.81. The van der Waals surface area contributed by atoms with Crippen molar-refractivity contribution in [1.82, 2.24) is 9.55 Å². The number of aromatic amines is 1. The summed E-state index contributed by atoms with van der Waals surface area (Å²) in [4.78, 5) is 7.59. The number of hydrogen-bond acceptors (Lipinski definition) is 1. The second-order valence-electron chi connectivity index (χ2n) is 3.29. The Morgan fingerprint density at radius 3 is 2.71 bits per heavy atom. The Bertz CT molecular complexity index is 491. The number of aromatic nitrogens is 2. The van der Waals surface area contributed by atoms with Crippen LogP contribution < -0.4 is 5.62 Å². The van der Waals surface area contributed by atoms with Gasteiger partial charge in [-0.15, -0.1) is 0 Å². The van der Waals surface area contributed by atoms with Crippen LogP contribution in [0.5, 0.6) is 0 Å². The SMILES string of the molecule is Cc1ccccc1/N=c1\[nH]ccn1C. The van der Waals surface area contributed by atoms with Gasteiger partial charge in [-0.2, -0.15) is 0 Å². The van der Waals surface area contributed by atoms with Crippen LogP contribution >= 0.6 is 0 Å². The molecule has 1 aromatic heterocycles. The van der Waals surface area contributed by atoms with Gasteiger partial charge in [-0.1, -0.05) is 18.2 Å². The summed E-state index contributed by atoms with van der Waals surface area (Å²) >= 11 is 0. The molecule has 0 spiro atoms. The summed E-state index contributed by atoms with van der Waals surface area (Å²) in [5.74, 6) is 0. The summed E-state index contributed by atoms with van der Waals surface area (Å²) in [5, 5.41) is 0. The van der Waals surface area contributed by atoms with Gasteiger partial charge < -0.3 is 9.55 Å². The highest BCUT2D eigenvalue weighted by atomic mass is 15.1. The van der Waals surface area contributed by atoms with Crippen molar-refractivity contribution in [3.63, 3.8) is 0 Å². The van der Waals surface area contributed by atoms with Gasteiger partial charge in [0.05, 0.1) is 5.69 Å². The van der Waals surface area contributed by atoms with Gasteiger partial charge in [0, 0.05) is 19.4 Å². The quantitative estimate of drug-likeness (QED) is 0.707. The first-order valence-corrected chi connectivity index (χ1v) is 4.58. The van der Waals surface area contributed by atoms with Crippen LogP contribution in [0, 0.1) is 6.92 Å². The first-order valence-electron chi connectivity index (χ1n) is 4.58. The number of H-pyrrole nitrogens is 1. The van der Waals surface area contributed by atoms with E-state index in [-0.39, 0.29) is 0 Å². The molecule has 3 nitrogen and oxygen atoms in total. The maximum atomic E-state index is 4.51. The van der Waals surface area contributed by atoms with E-state index < -0.39 is 0 Å². The summed E-state index contributed by atoms with van der Waals surface area (Å²) in [6.07, 6.45) is 3.81. The Morgan fingerprint density at radius 1 is 1.29 bits per heavy atom. The lowest BCUT2D eigenvalue weighted by molar-refractivity contribution is 0.831. The molecule has 0 aliphatic heterocycles. The highest BCUT2D eigenvalue weighted by Gasteiger charge is 1.93. The molecular weight excluding hydrogens is 174 g/mol. The van der Waals surface area contributed by atoms with E-state index in [2.05, 4.69) is 23.0 Å². The number of hydrogen-bond donors (Lipinski definition) is 1. The molecule has 0 bridgehead atoms. The minimum atomic E-state index is 0.860. The van der Waals surface area contributed by atoms with E-state index in [0.29, 0.717) is 0 Å². The number of rotatable bonds is 1. The molecule has 0 saturated carbocycles. The Balaban J connectivity index is 2.54. The van der Waals surface area contributed by atoms with Crippen molar-refractivity contribution in [3.05, 3.63) is 47.8 Å². The van der Waals surface area contributed by atoms with Gasteiger partial charge in [0.25, 0.3) is 0 Å². The van der Waals surface area contributed by atoms with Gasteiger partial charge in [0.1, 0.15) is 0 Å².